The molecular weight excluding hydrogens is 378 g/mol. The van der Waals surface area contributed by atoms with Gasteiger partial charge in [-0.15, -0.1) is 0 Å². The Morgan fingerprint density at radius 2 is 2.07 bits per heavy atom. The zero-order valence-corrected chi connectivity index (χ0v) is 16.4. The van der Waals surface area contributed by atoms with Crippen molar-refractivity contribution in [2.75, 3.05) is 6.61 Å². The fourth-order valence-corrected chi connectivity index (χ4v) is 3.98. The number of hydrogen-bond donors (Lipinski definition) is 1. The molecule has 4 aromatic rings. The lowest BCUT2D eigenvalue weighted by Crippen LogP contribution is -2.16. The Labute approximate surface area is 173 Å². The van der Waals surface area contributed by atoms with Crippen molar-refractivity contribution in [2.24, 2.45) is 0 Å². The quantitative estimate of drug-likeness (QED) is 0.548. The molecule has 0 amide bonds. The predicted octanol–water partition coefficient (Wildman–Crippen LogP) is 4.11. The van der Waals surface area contributed by atoms with Crippen LogP contribution in [-0.2, 0) is 13.0 Å². The highest BCUT2D eigenvalue weighted by Gasteiger charge is 2.26. The van der Waals surface area contributed by atoms with E-state index in [0.717, 1.165) is 46.9 Å². The van der Waals surface area contributed by atoms with Crippen molar-refractivity contribution in [3.8, 4) is 17.2 Å². The van der Waals surface area contributed by atoms with Crippen molar-refractivity contribution >= 4 is 11.0 Å². The van der Waals surface area contributed by atoms with Crippen LogP contribution in [0.4, 0.5) is 0 Å². The van der Waals surface area contributed by atoms with E-state index in [1.54, 1.807) is 10.8 Å². The highest BCUT2D eigenvalue weighted by atomic mass is 16.5. The largest absolute Gasteiger partial charge is 0.493 e. The SMILES string of the molecule is O=c1cc(OCc2ccc3c(c2)CCO3)ccn1-c1ccc2nc(C3CC3)[nH]c2c1. The highest BCUT2D eigenvalue weighted by molar-refractivity contribution is 5.77. The maximum Gasteiger partial charge on any atom is 0.258 e. The van der Waals surface area contributed by atoms with E-state index in [1.165, 1.54) is 24.5 Å². The molecule has 2 aromatic carbocycles. The molecule has 6 heteroatoms. The van der Waals surface area contributed by atoms with Gasteiger partial charge in [-0.2, -0.15) is 0 Å². The number of nitrogens with one attached hydrogen (secondary N) is 1. The van der Waals surface area contributed by atoms with Crippen molar-refractivity contribution in [1.82, 2.24) is 14.5 Å². The second kappa shape index (κ2) is 6.76. The molecule has 0 unspecified atom stereocenters. The van der Waals surface area contributed by atoms with E-state index in [1.807, 2.05) is 36.4 Å². The standard InChI is InChI=1S/C24H21N3O3/c28-23-13-19(30-14-15-1-6-22-17(11-15)8-10-29-22)7-9-27(23)18-4-5-20-21(12-18)26-24(25-20)16-2-3-16/h1,4-7,9,11-13,16H,2-3,8,10,14H2,(H,25,26). The zero-order valence-electron chi connectivity index (χ0n) is 16.4. The number of benzene rings is 2. The highest BCUT2D eigenvalue weighted by Crippen LogP contribution is 2.39. The third-order valence-corrected chi connectivity index (χ3v) is 5.78. The molecule has 0 atom stereocenters. The fourth-order valence-electron chi connectivity index (χ4n) is 3.98. The summed E-state index contributed by atoms with van der Waals surface area (Å²) in [5, 5.41) is 0. The number of hydrogen-bond acceptors (Lipinski definition) is 4. The molecular formula is C24H21N3O3. The van der Waals surface area contributed by atoms with E-state index >= 15 is 0 Å². The van der Waals surface area contributed by atoms with Gasteiger partial charge in [0, 0.05) is 24.6 Å². The van der Waals surface area contributed by atoms with Crippen LogP contribution in [0.15, 0.2) is 59.5 Å². The lowest BCUT2D eigenvalue weighted by molar-refractivity contribution is 0.305. The molecule has 2 aromatic heterocycles. The number of pyridine rings is 1. The van der Waals surface area contributed by atoms with Gasteiger partial charge in [-0.1, -0.05) is 6.07 Å². The minimum Gasteiger partial charge on any atom is -0.493 e. The topological polar surface area (TPSA) is 69.1 Å². The number of H-pyrrole nitrogens is 1. The number of rotatable bonds is 5. The molecule has 1 aliphatic heterocycles. The van der Waals surface area contributed by atoms with Crippen LogP contribution in [0.3, 0.4) is 0 Å². The third-order valence-electron chi connectivity index (χ3n) is 5.78. The minimum absolute atomic E-state index is 0.129. The Bertz CT molecular complexity index is 1320. The third kappa shape index (κ3) is 3.14. The number of aromatic amines is 1. The van der Waals surface area contributed by atoms with Gasteiger partial charge in [0.2, 0.25) is 0 Å². The van der Waals surface area contributed by atoms with Crippen molar-refractivity contribution < 1.29 is 9.47 Å². The van der Waals surface area contributed by atoms with Crippen molar-refractivity contribution in [3.05, 3.63) is 82.0 Å². The lowest BCUT2D eigenvalue weighted by atomic mass is 10.1. The maximum absolute atomic E-state index is 12.7. The predicted molar refractivity (Wildman–Crippen MR) is 114 cm³/mol. The first-order valence-electron chi connectivity index (χ1n) is 10.3. The molecule has 0 bridgehead atoms. The number of imidazole rings is 1. The minimum atomic E-state index is -0.129. The second-order valence-corrected chi connectivity index (χ2v) is 8.00. The van der Waals surface area contributed by atoms with Gasteiger partial charge in [0.25, 0.3) is 5.56 Å². The average Bonchev–Trinajstić information content (AvgIpc) is 3.35. The summed E-state index contributed by atoms with van der Waals surface area (Å²) in [5.41, 5.74) is 4.86. The molecule has 0 spiro atoms. The van der Waals surface area contributed by atoms with Gasteiger partial charge in [0.1, 0.15) is 23.9 Å². The molecule has 1 aliphatic carbocycles. The molecule has 1 N–H and O–H groups in total. The second-order valence-electron chi connectivity index (χ2n) is 8.00. The normalized spacial score (nSPS) is 15.2. The van der Waals surface area contributed by atoms with Crippen LogP contribution in [0.25, 0.3) is 16.7 Å². The van der Waals surface area contributed by atoms with E-state index in [9.17, 15) is 4.79 Å². The summed E-state index contributed by atoms with van der Waals surface area (Å²) in [7, 11) is 0. The first-order valence-corrected chi connectivity index (χ1v) is 10.3. The van der Waals surface area contributed by atoms with Gasteiger partial charge in [0.05, 0.1) is 23.3 Å². The summed E-state index contributed by atoms with van der Waals surface area (Å²) >= 11 is 0. The van der Waals surface area contributed by atoms with Gasteiger partial charge < -0.3 is 14.5 Å². The van der Waals surface area contributed by atoms with Gasteiger partial charge in [-0.3, -0.25) is 9.36 Å². The molecule has 0 radical (unpaired) electrons. The van der Waals surface area contributed by atoms with Crippen LogP contribution in [0.1, 0.15) is 35.7 Å². The van der Waals surface area contributed by atoms with E-state index in [0.29, 0.717) is 18.3 Å². The summed E-state index contributed by atoms with van der Waals surface area (Å²) in [6.07, 6.45) is 5.09. The van der Waals surface area contributed by atoms with Crippen LogP contribution in [0.5, 0.6) is 11.5 Å². The number of fused-ring (bicyclic) bond motifs is 2. The molecule has 150 valence electrons. The maximum atomic E-state index is 12.7. The Morgan fingerprint density at radius 3 is 2.93 bits per heavy atom. The van der Waals surface area contributed by atoms with Crippen molar-refractivity contribution in [1.29, 1.82) is 0 Å². The zero-order chi connectivity index (χ0) is 20.1. The van der Waals surface area contributed by atoms with Gasteiger partial charge in [-0.25, -0.2) is 4.98 Å². The van der Waals surface area contributed by atoms with E-state index < -0.39 is 0 Å². The summed E-state index contributed by atoms with van der Waals surface area (Å²) in [5.74, 6) is 3.14. The lowest BCUT2D eigenvalue weighted by Gasteiger charge is -2.10. The smallest absolute Gasteiger partial charge is 0.258 e. The first kappa shape index (κ1) is 17.3. The summed E-state index contributed by atoms with van der Waals surface area (Å²) < 4.78 is 13.0. The Balaban J connectivity index is 1.22. The molecule has 6 nitrogen and oxygen atoms in total. The van der Waals surface area contributed by atoms with Crippen molar-refractivity contribution in [2.45, 2.75) is 31.8 Å². The summed E-state index contributed by atoms with van der Waals surface area (Å²) in [4.78, 5) is 20.7. The number of ether oxygens (including phenoxy) is 2. The van der Waals surface area contributed by atoms with Crippen LogP contribution in [0, 0.1) is 0 Å². The van der Waals surface area contributed by atoms with Gasteiger partial charge >= 0.3 is 0 Å². The first-order chi connectivity index (χ1) is 14.7. The number of aromatic nitrogens is 3. The molecule has 3 heterocycles. The van der Waals surface area contributed by atoms with E-state index in [-0.39, 0.29) is 5.56 Å². The van der Waals surface area contributed by atoms with Crippen LogP contribution >= 0.6 is 0 Å². The summed E-state index contributed by atoms with van der Waals surface area (Å²) in [6, 6.07) is 15.3. The Hall–Kier alpha value is -3.54. The monoisotopic (exact) mass is 399 g/mol. The Morgan fingerprint density at radius 1 is 1.13 bits per heavy atom. The van der Waals surface area contributed by atoms with Gasteiger partial charge in [-0.05, 0) is 60.4 Å². The molecule has 30 heavy (non-hydrogen) atoms. The summed E-state index contributed by atoms with van der Waals surface area (Å²) in [6.45, 7) is 1.16. The van der Waals surface area contributed by atoms with Crippen LogP contribution < -0.4 is 15.0 Å². The van der Waals surface area contributed by atoms with E-state index in [4.69, 9.17) is 9.47 Å². The Kier molecular flexibility index (Phi) is 3.91. The van der Waals surface area contributed by atoms with Gasteiger partial charge in [0.15, 0.2) is 0 Å². The molecule has 2 aliphatic rings. The van der Waals surface area contributed by atoms with Crippen LogP contribution in [0.2, 0.25) is 0 Å². The fraction of sp³-hybridized carbons (Fsp3) is 0.250. The van der Waals surface area contributed by atoms with Crippen LogP contribution in [-0.4, -0.2) is 21.1 Å². The van der Waals surface area contributed by atoms with E-state index in [2.05, 4.69) is 16.0 Å². The molecule has 1 fully saturated rings. The molecule has 0 saturated heterocycles. The van der Waals surface area contributed by atoms with Crippen molar-refractivity contribution in [3.63, 3.8) is 0 Å². The number of nitrogens with zero attached hydrogens (tertiary/aromatic N) is 2. The average molecular weight is 399 g/mol. The molecule has 1 saturated carbocycles. The molecule has 6 rings (SSSR count).